The van der Waals surface area contributed by atoms with Gasteiger partial charge < -0.3 is 20.8 Å². The fraction of sp³-hybridized carbons (Fsp3) is 0.923. The van der Waals surface area contributed by atoms with Crippen molar-refractivity contribution in [1.29, 1.82) is 0 Å². The van der Waals surface area contributed by atoms with Crippen LogP contribution in [0.4, 0.5) is 0 Å². The fourth-order valence-corrected chi connectivity index (χ4v) is 7.21. The second kappa shape index (κ2) is 8.26. The first-order valence-electron chi connectivity index (χ1n) is 12.7. The summed E-state index contributed by atoms with van der Waals surface area (Å²) in [5.74, 6) is -0.854. The second-order valence-corrected chi connectivity index (χ2v) is 13.2. The lowest BCUT2D eigenvalue weighted by atomic mass is 9.63. The molecular formula is C26H46N2O4. The molecule has 0 bridgehead atoms. The summed E-state index contributed by atoms with van der Waals surface area (Å²) in [4.78, 5) is 28.9. The van der Waals surface area contributed by atoms with Crippen LogP contribution in [0.2, 0.25) is 0 Å². The second-order valence-electron chi connectivity index (χ2n) is 13.2. The van der Waals surface area contributed by atoms with E-state index in [1.807, 2.05) is 0 Å². The molecule has 0 aliphatic heterocycles. The maximum Gasteiger partial charge on any atom is 0.238 e. The van der Waals surface area contributed by atoms with Crippen LogP contribution in [0.15, 0.2) is 0 Å². The van der Waals surface area contributed by atoms with Crippen molar-refractivity contribution in [2.24, 2.45) is 22.0 Å². The molecule has 2 amide bonds. The van der Waals surface area contributed by atoms with Gasteiger partial charge in [0.25, 0.3) is 0 Å². The van der Waals surface area contributed by atoms with Crippen LogP contribution in [0, 0.1) is 16.2 Å². The molecule has 32 heavy (non-hydrogen) atoms. The summed E-state index contributed by atoms with van der Waals surface area (Å²) in [5.41, 5.74) is 1.64. The van der Waals surface area contributed by atoms with Crippen molar-refractivity contribution in [2.75, 3.05) is 0 Å². The minimum Gasteiger partial charge on any atom is -0.388 e. The van der Waals surface area contributed by atoms with Crippen LogP contribution in [0.1, 0.15) is 112 Å². The molecule has 0 saturated heterocycles. The molecule has 2 atom stereocenters. The number of amides is 2. The molecule has 3 saturated carbocycles. The van der Waals surface area contributed by atoms with Crippen molar-refractivity contribution in [3.8, 4) is 0 Å². The third kappa shape index (κ3) is 4.22. The summed E-state index contributed by atoms with van der Waals surface area (Å²) >= 11 is 0. The maximum absolute atomic E-state index is 14.5. The molecule has 6 nitrogen and oxygen atoms in total. The Hall–Kier alpha value is -1.14. The van der Waals surface area contributed by atoms with Gasteiger partial charge in [-0.3, -0.25) is 9.59 Å². The monoisotopic (exact) mass is 450 g/mol. The number of aliphatic hydroxyl groups is 2. The summed E-state index contributed by atoms with van der Waals surface area (Å²) in [6.07, 6.45) is 7.83. The van der Waals surface area contributed by atoms with Crippen LogP contribution in [0.25, 0.3) is 0 Å². The molecule has 0 radical (unpaired) electrons. The third-order valence-corrected chi connectivity index (χ3v) is 8.48. The molecule has 184 valence electrons. The molecule has 0 heterocycles. The normalized spacial score (nSPS) is 26.2. The van der Waals surface area contributed by atoms with Crippen molar-refractivity contribution in [2.45, 2.75) is 135 Å². The van der Waals surface area contributed by atoms with Gasteiger partial charge in [0, 0.05) is 0 Å². The predicted octanol–water partition coefficient (Wildman–Crippen LogP) is 3.91. The molecular weight excluding hydrogens is 404 g/mol. The van der Waals surface area contributed by atoms with E-state index >= 15 is 0 Å². The lowest BCUT2D eigenvalue weighted by Crippen LogP contribution is -2.72. The molecule has 4 N–H and O–H groups in total. The average molecular weight is 451 g/mol. The lowest BCUT2D eigenvalue weighted by Gasteiger charge is -2.59. The topological polar surface area (TPSA) is 104 Å². The smallest absolute Gasteiger partial charge is 0.238 e. The maximum atomic E-state index is 14.5. The van der Waals surface area contributed by atoms with E-state index in [0.29, 0.717) is 38.5 Å². The van der Waals surface area contributed by atoms with Crippen molar-refractivity contribution >= 4 is 11.8 Å². The van der Waals surface area contributed by atoms with Gasteiger partial charge in [-0.05, 0) is 49.4 Å². The number of carbonyl (C=O) groups is 2. The zero-order valence-corrected chi connectivity index (χ0v) is 21.2. The van der Waals surface area contributed by atoms with Gasteiger partial charge in [0.15, 0.2) is 0 Å². The molecule has 0 aromatic heterocycles. The highest BCUT2D eigenvalue weighted by Gasteiger charge is 2.62. The van der Waals surface area contributed by atoms with E-state index in [0.717, 1.165) is 32.1 Å². The number of hydrogen-bond donors (Lipinski definition) is 3. The van der Waals surface area contributed by atoms with E-state index in [4.69, 9.17) is 5.73 Å². The number of rotatable bonds is 6. The molecule has 0 aromatic rings. The van der Waals surface area contributed by atoms with E-state index in [2.05, 4.69) is 41.5 Å². The number of nitrogens with zero attached hydrogens (tertiary/aromatic N) is 1. The van der Waals surface area contributed by atoms with Crippen LogP contribution in [0.3, 0.4) is 0 Å². The SMILES string of the molecule is CC(C)(C)C(N(C(=O)C1(C(N)=O)CCC1)C(C(C)(C)C)C1(O)CCCC1)C1(O)CCCC1. The molecule has 3 rings (SSSR count). The molecule has 3 fully saturated rings. The van der Waals surface area contributed by atoms with Gasteiger partial charge in [-0.15, -0.1) is 0 Å². The lowest BCUT2D eigenvalue weighted by molar-refractivity contribution is -0.193. The largest absolute Gasteiger partial charge is 0.388 e. The Kier molecular flexibility index (Phi) is 6.58. The Bertz CT molecular complexity index is 677. The van der Waals surface area contributed by atoms with Crippen molar-refractivity contribution in [1.82, 2.24) is 4.90 Å². The van der Waals surface area contributed by atoms with E-state index in [1.165, 1.54) is 0 Å². The summed E-state index contributed by atoms with van der Waals surface area (Å²) in [7, 11) is 0. The third-order valence-electron chi connectivity index (χ3n) is 8.48. The van der Waals surface area contributed by atoms with Crippen LogP contribution < -0.4 is 5.73 Å². The van der Waals surface area contributed by atoms with Crippen LogP contribution in [-0.4, -0.2) is 50.2 Å². The highest BCUT2D eigenvalue weighted by atomic mass is 16.3. The summed E-state index contributed by atoms with van der Waals surface area (Å²) in [6.45, 7) is 12.4. The van der Waals surface area contributed by atoms with Gasteiger partial charge in [0.2, 0.25) is 11.8 Å². The molecule has 2 unspecified atom stereocenters. The van der Waals surface area contributed by atoms with Gasteiger partial charge in [-0.2, -0.15) is 0 Å². The molecule has 6 heteroatoms. The Morgan fingerprint density at radius 3 is 1.28 bits per heavy atom. The standard InChI is InChI=1S/C26H46N2O4/c1-22(2,3)18(25(31)14-7-8-15-25)28(21(30)24(20(27)29)12-11-13-24)19(23(4,5)6)26(32)16-9-10-17-26/h18-19,31-32H,7-17H2,1-6H3,(H2,27,29). The van der Waals surface area contributed by atoms with Gasteiger partial charge in [-0.1, -0.05) is 73.6 Å². The molecule has 0 aromatic carbocycles. The first kappa shape index (κ1) is 25.5. The van der Waals surface area contributed by atoms with Crippen LogP contribution in [-0.2, 0) is 9.59 Å². The molecule has 3 aliphatic carbocycles. The summed E-state index contributed by atoms with van der Waals surface area (Å²) in [6, 6.07) is -1.04. The van der Waals surface area contributed by atoms with Gasteiger partial charge in [0.1, 0.15) is 5.41 Å². The van der Waals surface area contributed by atoms with Gasteiger partial charge in [-0.25, -0.2) is 0 Å². The van der Waals surface area contributed by atoms with Crippen molar-refractivity contribution in [3.63, 3.8) is 0 Å². The van der Waals surface area contributed by atoms with Crippen molar-refractivity contribution < 1.29 is 19.8 Å². The van der Waals surface area contributed by atoms with Gasteiger partial charge >= 0.3 is 0 Å². The minimum atomic E-state index is -1.23. The van der Waals surface area contributed by atoms with Crippen molar-refractivity contribution in [3.05, 3.63) is 0 Å². The Morgan fingerprint density at radius 2 is 1.06 bits per heavy atom. The van der Waals surface area contributed by atoms with Crippen LogP contribution >= 0.6 is 0 Å². The van der Waals surface area contributed by atoms with E-state index in [-0.39, 0.29) is 5.91 Å². The Morgan fingerprint density at radius 1 is 0.719 bits per heavy atom. The quantitative estimate of drug-likeness (QED) is 0.534. The van der Waals surface area contributed by atoms with E-state index < -0.39 is 45.4 Å². The predicted molar refractivity (Wildman–Crippen MR) is 126 cm³/mol. The summed E-state index contributed by atoms with van der Waals surface area (Å²) < 4.78 is 0. The number of primary amides is 1. The van der Waals surface area contributed by atoms with Crippen LogP contribution in [0.5, 0.6) is 0 Å². The Balaban J connectivity index is 2.24. The zero-order valence-electron chi connectivity index (χ0n) is 21.2. The summed E-state index contributed by atoms with van der Waals surface area (Å²) in [5, 5.41) is 23.9. The van der Waals surface area contributed by atoms with Gasteiger partial charge in [0.05, 0.1) is 23.3 Å². The number of hydrogen-bond acceptors (Lipinski definition) is 4. The number of nitrogens with two attached hydrogens (primary N) is 1. The van der Waals surface area contributed by atoms with E-state index in [1.54, 1.807) is 4.90 Å². The number of carbonyl (C=O) groups excluding carboxylic acids is 2. The first-order chi connectivity index (χ1) is 14.6. The highest BCUT2D eigenvalue weighted by molar-refractivity contribution is 6.05. The Labute approximate surface area is 194 Å². The fourth-order valence-electron chi connectivity index (χ4n) is 7.21. The average Bonchev–Trinajstić information content (AvgIpc) is 3.19. The highest BCUT2D eigenvalue weighted by Crippen LogP contribution is 2.52. The molecule has 0 spiro atoms. The molecule has 3 aliphatic rings. The first-order valence-corrected chi connectivity index (χ1v) is 12.7. The zero-order chi connectivity index (χ0) is 24.2. The minimum absolute atomic E-state index is 0.281. The van der Waals surface area contributed by atoms with E-state index in [9.17, 15) is 19.8 Å².